The van der Waals surface area contributed by atoms with E-state index < -0.39 is 0 Å². The fourth-order valence-corrected chi connectivity index (χ4v) is 1.79. The minimum Gasteiger partial charge on any atom is -0.370 e. The maximum atomic E-state index is 8.75. The third-order valence-corrected chi connectivity index (χ3v) is 2.61. The van der Waals surface area contributed by atoms with Crippen LogP contribution in [0, 0.1) is 17.2 Å². The molecule has 19 heavy (non-hydrogen) atoms. The Morgan fingerprint density at radius 1 is 1.42 bits per heavy atom. The highest BCUT2D eigenvalue weighted by Gasteiger charge is 2.10. The molecule has 0 amide bonds. The van der Waals surface area contributed by atoms with Crippen molar-refractivity contribution in [3.63, 3.8) is 0 Å². The lowest BCUT2D eigenvalue weighted by Gasteiger charge is -2.24. The van der Waals surface area contributed by atoms with Crippen LogP contribution >= 0.6 is 0 Å². The molecule has 0 saturated heterocycles. The molecule has 0 aliphatic rings. The van der Waals surface area contributed by atoms with Crippen molar-refractivity contribution in [2.75, 3.05) is 29.9 Å². The van der Waals surface area contributed by atoms with Crippen molar-refractivity contribution in [1.82, 2.24) is 9.97 Å². The fraction of sp³-hybridized carbons (Fsp3) is 0.643. The summed E-state index contributed by atoms with van der Waals surface area (Å²) in [5.74, 6) is 2.26. The van der Waals surface area contributed by atoms with Crippen LogP contribution in [0.3, 0.4) is 0 Å². The zero-order valence-electron chi connectivity index (χ0n) is 12.1. The van der Waals surface area contributed by atoms with E-state index in [1.54, 1.807) is 6.33 Å². The van der Waals surface area contributed by atoms with Gasteiger partial charge in [-0.3, -0.25) is 0 Å². The van der Waals surface area contributed by atoms with E-state index in [1.807, 2.05) is 6.07 Å². The van der Waals surface area contributed by atoms with Gasteiger partial charge in [-0.25, -0.2) is 9.97 Å². The molecule has 0 aliphatic carbocycles. The molecule has 0 spiro atoms. The molecule has 0 aromatic carbocycles. The van der Waals surface area contributed by atoms with E-state index in [2.05, 4.69) is 47.0 Å². The van der Waals surface area contributed by atoms with Crippen LogP contribution in [0.4, 0.5) is 11.6 Å². The average Bonchev–Trinajstić information content (AvgIpc) is 2.41. The number of anilines is 2. The number of aromatic nitrogens is 2. The largest absolute Gasteiger partial charge is 0.370 e. The van der Waals surface area contributed by atoms with Gasteiger partial charge >= 0.3 is 0 Å². The smallest absolute Gasteiger partial charge is 0.134 e. The Balaban J connectivity index is 2.79. The van der Waals surface area contributed by atoms with E-state index in [4.69, 9.17) is 5.26 Å². The second-order valence-corrected chi connectivity index (χ2v) is 4.94. The van der Waals surface area contributed by atoms with E-state index >= 15 is 0 Å². The summed E-state index contributed by atoms with van der Waals surface area (Å²) in [5.41, 5.74) is 0. The molecule has 1 heterocycles. The topological polar surface area (TPSA) is 64.8 Å². The van der Waals surface area contributed by atoms with Crippen molar-refractivity contribution in [2.45, 2.75) is 33.6 Å². The Morgan fingerprint density at radius 2 is 2.21 bits per heavy atom. The first kappa shape index (κ1) is 15.2. The second kappa shape index (κ2) is 8.30. The van der Waals surface area contributed by atoms with Crippen molar-refractivity contribution in [3.8, 4) is 6.07 Å². The van der Waals surface area contributed by atoms with E-state index in [0.29, 0.717) is 18.9 Å². The number of nitrogens with one attached hydrogen (secondary N) is 1. The molecular formula is C14H23N5. The number of nitriles is 1. The highest BCUT2D eigenvalue weighted by molar-refractivity contribution is 5.48. The molecule has 1 N–H and O–H groups in total. The lowest BCUT2D eigenvalue weighted by molar-refractivity contribution is 0.607. The van der Waals surface area contributed by atoms with Gasteiger partial charge in [-0.2, -0.15) is 5.26 Å². The Hall–Kier alpha value is -1.83. The molecule has 104 valence electrons. The Labute approximate surface area is 115 Å². The highest BCUT2D eigenvalue weighted by Crippen LogP contribution is 2.16. The SMILES string of the molecule is CCCNc1cc(N(CCC#N)CC(C)C)ncn1. The third-order valence-electron chi connectivity index (χ3n) is 2.61. The van der Waals surface area contributed by atoms with E-state index in [-0.39, 0.29) is 0 Å². The first-order valence-corrected chi connectivity index (χ1v) is 6.85. The van der Waals surface area contributed by atoms with Crippen LogP contribution in [0.5, 0.6) is 0 Å². The normalized spacial score (nSPS) is 10.3. The van der Waals surface area contributed by atoms with Gasteiger partial charge in [0.15, 0.2) is 0 Å². The van der Waals surface area contributed by atoms with E-state index in [9.17, 15) is 0 Å². The molecule has 5 nitrogen and oxygen atoms in total. The summed E-state index contributed by atoms with van der Waals surface area (Å²) < 4.78 is 0. The minimum absolute atomic E-state index is 0.508. The van der Waals surface area contributed by atoms with Crippen LogP contribution in [-0.4, -0.2) is 29.6 Å². The third kappa shape index (κ3) is 5.56. The molecule has 0 radical (unpaired) electrons. The van der Waals surface area contributed by atoms with Crippen molar-refractivity contribution in [3.05, 3.63) is 12.4 Å². The van der Waals surface area contributed by atoms with E-state index in [0.717, 1.165) is 31.1 Å². The van der Waals surface area contributed by atoms with Crippen LogP contribution in [-0.2, 0) is 0 Å². The first-order valence-electron chi connectivity index (χ1n) is 6.85. The predicted molar refractivity (Wildman–Crippen MR) is 78.1 cm³/mol. The molecule has 1 aromatic rings. The molecule has 0 fully saturated rings. The summed E-state index contributed by atoms with van der Waals surface area (Å²) in [6.07, 6.45) is 3.14. The van der Waals surface area contributed by atoms with Gasteiger partial charge in [-0.05, 0) is 12.3 Å². The Morgan fingerprint density at radius 3 is 2.84 bits per heavy atom. The summed E-state index contributed by atoms with van der Waals surface area (Å²) in [4.78, 5) is 10.7. The molecule has 0 bridgehead atoms. The lowest BCUT2D eigenvalue weighted by atomic mass is 10.2. The molecule has 0 saturated carbocycles. The summed E-state index contributed by atoms with van der Waals surface area (Å²) in [7, 11) is 0. The Kier molecular flexibility index (Phi) is 6.65. The first-order chi connectivity index (χ1) is 9.17. The van der Waals surface area contributed by atoms with Gasteiger partial charge in [-0.15, -0.1) is 0 Å². The molecule has 0 atom stereocenters. The van der Waals surface area contributed by atoms with Crippen molar-refractivity contribution < 1.29 is 0 Å². The van der Waals surface area contributed by atoms with E-state index in [1.165, 1.54) is 0 Å². The van der Waals surface area contributed by atoms with Gasteiger partial charge in [0.2, 0.25) is 0 Å². The van der Waals surface area contributed by atoms with Gasteiger partial charge in [-0.1, -0.05) is 20.8 Å². The zero-order chi connectivity index (χ0) is 14.1. The van der Waals surface area contributed by atoms with Crippen molar-refractivity contribution >= 4 is 11.6 Å². The van der Waals surface area contributed by atoms with Gasteiger partial charge in [0, 0.05) is 25.7 Å². The molecule has 0 unspecified atom stereocenters. The monoisotopic (exact) mass is 261 g/mol. The van der Waals surface area contributed by atoms with Gasteiger partial charge in [0.05, 0.1) is 12.5 Å². The van der Waals surface area contributed by atoms with Crippen molar-refractivity contribution in [2.24, 2.45) is 5.92 Å². The molecule has 0 aliphatic heterocycles. The number of hydrogen-bond donors (Lipinski definition) is 1. The number of nitrogens with zero attached hydrogens (tertiary/aromatic N) is 4. The molecule has 1 rings (SSSR count). The standard InChI is InChI=1S/C14H23N5/c1-4-7-16-13-9-14(18-11-17-13)19(8-5-6-15)10-12(2)3/h9,11-12H,4-5,7-8,10H2,1-3H3,(H,16,17,18). The van der Waals surface area contributed by atoms with Crippen LogP contribution in [0.1, 0.15) is 33.6 Å². The van der Waals surface area contributed by atoms with Gasteiger partial charge < -0.3 is 10.2 Å². The molecule has 5 heteroatoms. The number of rotatable bonds is 8. The average molecular weight is 261 g/mol. The summed E-state index contributed by atoms with van der Waals surface area (Å²) in [5, 5.41) is 12.0. The van der Waals surface area contributed by atoms with Crippen molar-refractivity contribution in [1.29, 1.82) is 5.26 Å². The van der Waals surface area contributed by atoms with Gasteiger partial charge in [0.1, 0.15) is 18.0 Å². The van der Waals surface area contributed by atoms with Crippen LogP contribution in [0.15, 0.2) is 12.4 Å². The maximum absolute atomic E-state index is 8.75. The molecular weight excluding hydrogens is 238 g/mol. The van der Waals surface area contributed by atoms with Crippen LogP contribution < -0.4 is 10.2 Å². The number of hydrogen-bond acceptors (Lipinski definition) is 5. The summed E-state index contributed by atoms with van der Waals surface area (Å²) >= 11 is 0. The summed E-state index contributed by atoms with van der Waals surface area (Å²) in [6.45, 7) is 8.95. The highest BCUT2D eigenvalue weighted by atomic mass is 15.2. The lowest BCUT2D eigenvalue weighted by Crippen LogP contribution is -2.29. The summed E-state index contributed by atoms with van der Waals surface area (Å²) in [6, 6.07) is 4.14. The van der Waals surface area contributed by atoms with Crippen LogP contribution in [0.25, 0.3) is 0 Å². The minimum atomic E-state index is 0.508. The fourth-order valence-electron chi connectivity index (χ4n) is 1.79. The predicted octanol–water partition coefficient (Wildman–Crippen LogP) is 2.67. The van der Waals surface area contributed by atoms with Crippen LogP contribution in [0.2, 0.25) is 0 Å². The maximum Gasteiger partial charge on any atom is 0.134 e. The zero-order valence-corrected chi connectivity index (χ0v) is 12.1. The Bertz CT molecular complexity index is 411. The second-order valence-electron chi connectivity index (χ2n) is 4.94. The quantitative estimate of drug-likeness (QED) is 0.779. The molecule has 1 aromatic heterocycles. The van der Waals surface area contributed by atoms with Gasteiger partial charge in [0.25, 0.3) is 0 Å².